The summed E-state index contributed by atoms with van der Waals surface area (Å²) in [5.74, 6) is -0.180. The molecule has 156 valence electrons. The molecule has 1 saturated heterocycles. The minimum absolute atomic E-state index is 0.180. The molecule has 2 aromatic carbocycles. The molecule has 0 radical (unpaired) electrons. The second kappa shape index (κ2) is 8.79. The molecule has 0 bridgehead atoms. The van der Waals surface area contributed by atoms with Crippen molar-refractivity contribution in [3.05, 3.63) is 64.8 Å². The predicted octanol–water partition coefficient (Wildman–Crippen LogP) is 4.46. The lowest BCUT2D eigenvalue weighted by atomic mass is 10.1. The topological polar surface area (TPSA) is 74.4 Å². The zero-order valence-electron chi connectivity index (χ0n) is 16.8. The Bertz CT molecular complexity index is 1060. The fourth-order valence-corrected chi connectivity index (χ4v) is 3.93. The van der Waals surface area contributed by atoms with Crippen LogP contribution in [0.4, 0.5) is 10.5 Å². The summed E-state index contributed by atoms with van der Waals surface area (Å²) in [6.07, 6.45) is 2.66. The molecule has 30 heavy (non-hydrogen) atoms. The number of ether oxygens (including phenoxy) is 1. The van der Waals surface area contributed by atoms with E-state index in [-0.39, 0.29) is 5.91 Å². The normalized spacial score (nSPS) is 16.3. The predicted molar refractivity (Wildman–Crippen MR) is 118 cm³/mol. The molecule has 2 heterocycles. The van der Waals surface area contributed by atoms with E-state index in [2.05, 4.69) is 17.2 Å². The number of anilines is 1. The summed E-state index contributed by atoms with van der Waals surface area (Å²) in [6, 6.07) is 13.6. The fourth-order valence-electron chi connectivity index (χ4n) is 3.76. The van der Waals surface area contributed by atoms with Crippen molar-refractivity contribution in [2.24, 2.45) is 0 Å². The van der Waals surface area contributed by atoms with E-state index in [4.69, 9.17) is 16.3 Å². The summed E-state index contributed by atoms with van der Waals surface area (Å²) >= 11 is 6.07. The van der Waals surface area contributed by atoms with E-state index < -0.39 is 12.2 Å². The Hall–Kier alpha value is -2.99. The van der Waals surface area contributed by atoms with Gasteiger partial charge in [-0.3, -0.25) is 4.79 Å². The van der Waals surface area contributed by atoms with Crippen LogP contribution in [-0.4, -0.2) is 36.2 Å². The van der Waals surface area contributed by atoms with Crippen molar-refractivity contribution in [1.29, 1.82) is 0 Å². The highest BCUT2D eigenvalue weighted by Crippen LogP contribution is 2.24. The van der Waals surface area contributed by atoms with Gasteiger partial charge in [0.1, 0.15) is 0 Å². The van der Waals surface area contributed by atoms with Crippen molar-refractivity contribution in [2.75, 3.05) is 18.0 Å². The number of benzene rings is 2. The fraction of sp³-hybridized carbons (Fsp3) is 0.304. The molecule has 0 aliphatic carbocycles. The number of aryl methyl sites for hydroxylation is 1. The van der Waals surface area contributed by atoms with Crippen molar-refractivity contribution >= 4 is 40.2 Å². The molecule has 1 fully saturated rings. The van der Waals surface area contributed by atoms with Crippen molar-refractivity contribution < 1.29 is 14.3 Å². The van der Waals surface area contributed by atoms with Crippen LogP contribution >= 0.6 is 11.6 Å². The minimum atomic E-state index is -0.747. The summed E-state index contributed by atoms with van der Waals surface area (Å²) in [5.41, 5.74) is 4.11. The van der Waals surface area contributed by atoms with Gasteiger partial charge in [0.05, 0.1) is 0 Å². The number of fused-ring (bicyclic) bond motifs is 1. The van der Waals surface area contributed by atoms with Crippen LogP contribution in [0.1, 0.15) is 24.5 Å². The van der Waals surface area contributed by atoms with Gasteiger partial charge in [0.2, 0.25) is 0 Å². The third kappa shape index (κ3) is 4.28. The molecule has 1 aromatic heterocycles. The largest absolute Gasteiger partial charge is 0.436 e. The third-order valence-corrected chi connectivity index (χ3v) is 5.69. The van der Waals surface area contributed by atoms with Gasteiger partial charge >= 0.3 is 6.09 Å². The SMILES string of the molecule is CCc1ccc(N2CCC(OC(=O)NCCc3c[nH]c4ccc(Cl)cc34)C2=O)cc1. The van der Waals surface area contributed by atoms with Crippen LogP contribution < -0.4 is 10.2 Å². The number of aromatic nitrogens is 1. The van der Waals surface area contributed by atoms with Gasteiger partial charge in [0.15, 0.2) is 6.10 Å². The summed E-state index contributed by atoms with van der Waals surface area (Å²) in [4.78, 5) is 29.7. The highest BCUT2D eigenvalue weighted by atomic mass is 35.5. The van der Waals surface area contributed by atoms with E-state index in [0.29, 0.717) is 31.0 Å². The summed E-state index contributed by atoms with van der Waals surface area (Å²) in [5, 5.41) is 4.44. The maximum absolute atomic E-state index is 12.6. The van der Waals surface area contributed by atoms with Gasteiger partial charge < -0.3 is 19.9 Å². The molecule has 7 heteroatoms. The third-order valence-electron chi connectivity index (χ3n) is 5.46. The van der Waals surface area contributed by atoms with E-state index >= 15 is 0 Å². The Labute approximate surface area is 180 Å². The first kappa shape index (κ1) is 20.3. The van der Waals surface area contributed by atoms with Crippen LogP contribution in [0.25, 0.3) is 10.9 Å². The Kier molecular flexibility index (Phi) is 5.95. The molecular weight excluding hydrogens is 402 g/mol. The van der Waals surface area contributed by atoms with Gasteiger partial charge in [-0.05, 0) is 54.3 Å². The van der Waals surface area contributed by atoms with Gasteiger partial charge in [-0.2, -0.15) is 0 Å². The second-order valence-electron chi connectivity index (χ2n) is 7.37. The average molecular weight is 426 g/mol. The van der Waals surface area contributed by atoms with Crippen LogP contribution in [0.2, 0.25) is 5.02 Å². The highest BCUT2D eigenvalue weighted by molar-refractivity contribution is 6.31. The molecule has 4 rings (SSSR count). The van der Waals surface area contributed by atoms with Gasteiger partial charge in [-0.25, -0.2) is 4.79 Å². The molecule has 3 aromatic rings. The number of alkyl carbamates (subject to hydrolysis) is 1. The van der Waals surface area contributed by atoms with Crippen molar-refractivity contribution in [3.63, 3.8) is 0 Å². The number of hydrogen-bond donors (Lipinski definition) is 2. The minimum Gasteiger partial charge on any atom is -0.436 e. The molecule has 1 unspecified atom stereocenters. The number of H-pyrrole nitrogens is 1. The van der Waals surface area contributed by atoms with E-state index in [1.165, 1.54) is 5.56 Å². The molecule has 2 amide bonds. The monoisotopic (exact) mass is 425 g/mol. The molecule has 1 atom stereocenters. The number of nitrogens with zero attached hydrogens (tertiary/aromatic N) is 1. The highest BCUT2D eigenvalue weighted by Gasteiger charge is 2.35. The van der Waals surface area contributed by atoms with E-state index in [1.54, 1.807) is 4.90 Å². The number of rotatable bonds is 6. The van der Waals surface area contributed by atoms with Gasteiger partial charge in [0.25, 0.3) is 5.91 Å². The van der Waals surface area contributed by atoms with E-state index in [1.807, 2.05) is 48.7 Å². The van der Waals surface area contributed by atoms with E-state index in [9.17, 15) is 9.59 Å². The number of nitrogens with one attached hydrogen (secondary N) is 2. The number of amides is 2. The Morgan fingerprint density at radius 2 is 2.07 bits per heavy atom. The molecule has 0 spiro atoms. The molecule has 6 nitrogen and oxygen atoms in total. The van der Waals surface area contributed by atoms with Crippen LogP contribution in [0, 0.1) is 0 Å². The quantitative estimate of drug-likeness (QED) is 0.612. The standard InChI is InChI=1S/C23H24ClN3O3/c1-2-15-3-6-18(7-4-15)27-12-10-21(22(27)28)30-23(29)25-11-9-16-14-26-20-8-5-17(24)13-19(16)20/h3-8,13-14,21,26H,2,9-12H2,1H3,(H,25,29). The van der Waals surface area contributed by atoms with Crippen LogP contribution in [0.15, 0.2) is 48.7 Å². The lowest BCUT2D eigenvalue weighted by Crippen LogP contribution is -2.35. The number of hydrogen-bond acceptors (Lipinski definition) is 3. The average Bonchev–Trinajstić information content (AvgIpc) is 3.31. The number of carbonyl (C=O) groups excluding carboxylic acids is 2. The second-order valence-corrected chi connectivity index (χ2v) is 7.81. The molecular formula is C23H24ClN3O3. The summed E-state index contributed by atoms with van der Waals surface area (Å²) in [7, 11) is 0. The summed E-state index contributed by atoms with van der Waals surface area (Å²) in [6.45, 7) is 3.03. The van der Waals surface area contributed by atoms with Gasteiger partial charge in [0, 0.05) is 47.3 Å². The first-order valence-electron chi connectivity index (χ1n) is 10.2. The van der Waals surface area contributed by atoms with Crippen LogP contribution in [0.3, 0.4) is 0 Å². The lowest BCUT2D eigenvalue weighted by molar-refractivity contribution is -0.124. The Morgan fingerprint density at radius 3 is 2.83 bits per heavy atom. The van der Waals surface area contributed by atoms with Gasteiger partial charge in [-0.15, -0.1) is 0 Å². The van der Waals surface area contributed by atoms with Crippen LogP contribution in [-0.2, 0) is 22.4 Å². The first-order valence-corrected chi connectivity index (χ1v) is 10.5. The van der Waals surface area contributed by atoms with Gasteiger partial charge in [-0.1, -0.05) is 30.7 Å². The zero-order valence-corrected chi connectivity index (χ0v) is 17.5. The molecule has 0 saturated carbocycles. The number of aromatic amines is 1. The van der Waals surface area contributed by atoms with Crippen molar-refractivity contribution in [3.8, 4) is 0 Å². The smallest absolute Gasteiger partial charge is 0.407 e. The van der Waals surface area contributed by atoms with E-state index in [0.717, 1.165) is 28.6 Å². The van der Waals surface area contributed by atoms with Crippen LogP contribution in [0.5, 0.6) is 0 Å². The number of carbonyl (C=O) groups is 2. The Morgan fingerprint density at radius 1 is 1.27 bits per heavy atom. The maximum Gasteiger partial charge on any atom is 0.407 e. The number of halogens is 1. The molecule has 1 aliphatic heterocycles. The summed E-state index contributed by atoms with van der Waals surface area (Å²) < 4.78 is 5.38. The van der Waals surface area contributed by atoms with Crippen molar-refractivity contribution in [1.82, 2.24) is 10.3 Å². The zero-order chi connectivity index (χ0) is 21.1. The first-order chi connectivity index (χ1) is 14.5. The molecule has 2 N–H and O–H groups in total. The lowest BCUT2D eigenvalue weighted by Gasteiger charge is -2.17. The maximum atomic E-state index is 12.6. The molecule has 1 aliphatic rings. The van der Waals surface area contributed by atoms with Crippen molar-refractivity contribution in [2.45, 2.75) is 32.3 Å². The Balaban J connectivity index is 1.28.